The third kappa shape index (κ3) is 2.53. The van der Waals surface area contributed by atoms with E-state index in [1.54, 1.807) is 0 Å². The minimum Gasteiger partial charge on any atom is -0.326 e. The Balaban J connectivity index is 1.63. The second kappa shape index (κ2) is 4.56. The molecule has 92 valence electrons. The summed E-state index contributed by atoms with van der Waals surface area (Å²) in [4.78, 5) is 11.6. The SMILES string of the molecule is O=C(Nc1ccc(Cc2nn[nH]n2)cc1)C1CC1. The van der Waals surface area contributed by atoms with Crippen LogP contribution < -0.4 is 5.32 Å². The number of nitrogens with zero attached hydrogens (tertiary/aromatic N) is 3. The van der Waals surface area contributed by atoms with Crippen LogP contribution in [0.15, 0.2) is 24.3 Å². The van der Waals surface area contributed by atoms with Crippen molar-refractivity contribution >= 4 is 11.6 Å². The van der Waals surface area contributed by atoms with Crippen molar-refractivity contribution in [1.82, 2.24) is 20.6 Å². The summed E-state index contributed by atoms with van der Waals surface area (Å²) in [6, 6.07) is 7.71. The molecular weight excluding hydrogens is 230 g/mol. The fourth-order valence-corrected chi connectivity index (χ4v) is 1.74. The number of anilines is 1. The number of aromatic nitrogens is 4. The highest BCUT2D eigenvalue weighted by Crippen LogP contribution is 2.30. The van der Waals surface area contributed by atoms with Crippen molar-refractivity contribution in [3.8, 4) is 0 Å². The Bertz CT molecular complexity index is 530. The van der Waals surface area contributed by atoms with Crippen LogP contribution in [-0.2, 0) is 11.2 Å². The number of rotatable bonds is 4. The highest BCUT2D eigenvalue weighted by molar-refractivity contribution is 5.93. The summed E-state index contributed by atoms with van der Waals surface area (Å²) in [6.45, 7) is 0. The number of hydrogen-bond donors (Lipinski definition) is 2. The first-order valence-electron chi connectivity index (χ1n) is 5.93. The molecule has 1 aliphatic rings. The summed E-state index contributed by atoms with van der Waals surface area (Å²) >= 11 is 0. The largest absolute Gasteiger partial charge is 0.326 e. The lowest BCUT2D eigenvalue weighted by Gasteiger charge is -2.04. The van der Waals surface area contributed by atoms with Crippen LogP contribution in [-0.4, -0.2) is 26.5 Å². The van der Waals surface area contributed by atoms with Crippen LogP contribution in [0.3, 0.4) is 0 Å². The molecule has 1 heterocycles. The molecule has 0 atom stereocenters. The standard InChI is InChI=1S/C12H13N5O/c18-12(9-3-4-9)13-10-5-1-8(2-6-10)7-11-14-16-17-15-11/h1-2,5-6,9H,3-4,7H2,(H,13,18)(H,14,15,16,17). The number of amides is 1. The van der Waals surface area contributed by atoms with E-state index in [-0.39, 0.29) is 11.8 Å². The molecule has 1 aromatic carbocycles. The van der Waals surface area contributed by atoms with E-state index in [1.807, 2.05) is 24.3 Å². The molecule has 18 heavy (non-hydrogen) atoms. The summed E-state index contributed by atoms with van der Waals surface area (Å²) in [5.74, 6) is 1.01. The van der Waals surface area contributed by atoms with Gasteiger partial charge in [-0.3, -0.25) is 4.79 Å². The van der Waals surface area contributed by atoms with Crippen LogP contribution in [0.1, 0.15) is 24.2 Å². The van der Waals surface area contributed by atoms with Crippen LogP contribution in [0.2, 0.25) is 0 Å². The second-order valence-electron chi connectivity index (χ2n) is 4.47. The highest BCUT2D eigenvalue weighted by Gasteiger charge is 2.29. The Hall–Kier alpha value is -2.24. The van der Waals surface area contributed by atoms with Gasteiger partial charge in [0.05, 0.1) is 0 Å². The molecule has 1 fully saturated rings. The normalized spacial score (nSPS) is 14.4. The predicted molar refractivity (Wildman–Crippen MR) is 64.8 cm³/mol. The topological polar surface area (TPSA) is 83.6 Å². The molecule has 0 saturated heterocycles. The van der Waals surface area contributed by atoms with Gasteiger partial charge in [-0.2, -0.15) is 5.21 Å². The quantitative estimate of drug-likeness (QED) is 0.843. The molecule has 0 bridgehead atoms. The summed E-state index contributed by atoms with van der Waals surface area (Å²) in [7, 11) is 0. The van der Waals surface area contributed by atoms with Crippen molar-refractivity contribution in [1.29, 1.82) is 0 Å². The number of H-pyrrole nitrogens is 1. The fourth-order valence-electron chi connectivity index (χ4n) is 1.74. The predicted octanol–water partition coefficient (Wildman–Crippen LogP) is 1.14. The number of nitrogens with one attached hydrogen (secondary N) is 2. The maximum atomic E-state index is 11.6. The van der Waals surface area contributed by atoms with Gasteiger partial charge in [0, 0.05) is 18.0 Å². The molecule has 0 spiro atoms. The van der Waals surface area contributed by atoms with Crippen molar-refractivity contribution < 1.29 is 4.79 Å². The minimum absolute atomic E-state index is 0.126. The van der Waals surface area contributed by atoms with Crippen molar-refractivity contribution in [2.75, 3.05) is 5.32 Å². The average molecular weight is 243 g/mol. The summed E-state index contributed by atoms with van der Waals surface area (Å²) in [5, 5.41) is 16.6. The Morgan fingerprint density at radius 3 is 2.72 bits per heavy atom. The number of aromatic amines is 1. The molecule has 0 aliphatic heterocycles. The number of benzene rings is 1. The van der Waals surface area contributed by atoms with E-state index in [0.717, 1.165) is 24.1 Å². The molecule has 1 aromatic heterocycles. The zero-order chi connectivity index (χ0) is 12.4. The summed E-state index contributed by atoms with van der Waals surface area (Å²) < 4.78 is 0. The number of tetrazole rings is 1. The molecule has 3 rings (SSSR count). The van der Waals surface area contributed by atoms with Gasteiger partial charge in [-0.15, -0.1) is 10.2 Å². The first kappa shape index (κ1) is 10.9. The van der Waals surface area contributed by atoms with Crippen LogP contribution in [0.4, 0.5) is 5.69 Å². The van der Waals surface area contributed by atoms with Crippen LogP contribution in [0.5, 0.6) is 0 Å². The van der Waals surface area contributed by atoms with E-state index >= 15 is 0 Å². The zero-order valence-electron chi connectivity index (χ0n) is 9.76. The molecule has 0 unspecified atom stereocenters. The lowest BCUT2D eigenvalue weighted by Crippen LogP contribution is -2.13. The first-order chi connectivity index (χ1) is 8.81. The van der Waals surface area contributed by atoms with Gasteiger partial charge in [-0.25, -0.2) is 0 Å². The van der Waals surface area contributed by atoms with E-state index in [1.165, 1.54) is 0 Å². The molecule has 2 N–H and O–H groups in total. The monoisotopic (exact) mass is 243 g/mol. The minimum atomic E-state index is 0.126. The third-order valence-electron chi connectivity index (χ3n) is 2.92. The molecule has 1 aliphatic carbocycles. The van der Waals surface area contributed by atoms with Crippen molar-refractivity contribution in [3.63, 3.8) is 0 Å². The van der Waals surface area contributed by atoms with Gasteiger partial charge in [0.1, 0.15) is 0 Å². The van der Waals surface area contributed by atoms with E-state index in [0.29, 0.717) is 12.2 Å². The fraction of sp³-hybridized carbons (Fsp3) is 0.333. The smallest absolute Gasteiger partial charge is 0.227 e. The van der Waals surface area contributed by atoms with Gasteiger partial charge in [0.15, 0.2) is 5.82 Å². The van der Waals surface area contributed by atoms with Crippen LogP contribution >= 0.6 is 0 Å². The maximum absolute atomic E-state index is 11.6. The van der Waals surface area contributed by atoms with Crippen LogP contribution in [0, 0.1) is 5.92 Å². The summed E-state index contributed by atoms with van der Waals surface area (Å²) in [5.41, 5.74) is 1.92. The summed E-state index contributed by atoms with van der Waals surface area (Å²) in [6.07, 6.45) is 2.66. The zero-order valence-corrected chi connectivity index (χ0v) is 9.76. The molecule has 6 nitrogen and oxygen atoms in total. The number of hydrogen-bond acceptors (Lipinski definition) is 4. The van der Waals surface area contributed by atoms with E-state index < -0.39 is 0 Å². The molecule has 1 amide bonds. The molecule has 6 heteroatoms. The maximum Gasteiger partial charge on any atom is 0.227 e. The molecule has 1 saturated carbocycles. The van der Waals surface area contributed by atoms with Gasteiger partial charge in [-0.1, -0.05) is 17.3 Å². The van der Waals surface area contributed by atoms with Crippen molar-refractivity contribution in [3.05, 3.63) is 35.7 Å². The van der Waals surface area contributed by atoms with Crippen molar-refractivity contribution in [2.45, 2.75) is 19.3 Å². The van der Waals surface area contributed by atoms with Gasteiger partial charge < -0.3 is 5.32 Å². The third-order valence-corrected chi connectivity index (χ3v) is 2.92. The number of carbonyl (C=O) groups excluding carboxylic acids is 1. The van der Waals surface area contributed by atoms with Crippen LogP contribution in [0.25, 0.3) is 0 Å². The Morgan fingerprint density at radius 1 is 1.33 bits per heavy atom. The molecule has 2 aromatic rings. The van der Waals surface area contributed by atoms with E-state index in [4.69, 9.17) is 0 Å². The Morgan fingerprint density at radius 2 is 2.11 bits per heavy atom. The van der Waals surface area contributed by atoms with Gasteiger partial charge in [0.25, 0.3) is 0 Å². The Labute approximate surface area is 104 Å². The van der Waals surface area contributed by atoms with E-state index in [9.17, 15) is 4.79 Å². The lowest BCUT2D eigenvalue weighted by atomic mass is 10.1. The van der Waals surface area contributed by atoms with Gasteiger partial charge in [0.2, 0.25) is 5.91 Å². The molecular formula is C12H13N5O. The lowest BCUT2D eigenvalue weighted by molar-refractivity contribution is -0.117. The first-order valence-corrected chi connectivity index (χ1v) is 5.93. The average Bonchev–Trinajstić information content (AvgIpc) is 3.11. The van der Waals surface area contributed by atoms with Gasteiger partial charge in [-0.05, 0) is 30.5 Å². The number of carbonyl (C=O) groups is 1. The molecule has 0 radical (unpaired) electrons. The second-order valence-corrected chi connectivity index (χ2v) is 4.47. The Kier molecular flexibility index (Phi) is 2.76. The van der Waals surface area contributed by atoms with Gasteiger partial charge >= 0.3 is 0 Å². The van der Waals surface area contributed by atoms with E-state index in [2.05, 4.69) is 25.9 Å². The van der Waals surface area contributed by atoms with Crippen molar-refractivity contribution in [2.24, 2.45) is 5.92 Å². The highest BCUT2D eigenvalue weighted by atomic mass is 16.2.